The molecule has 0 aromatic carbocycles. The predicted octanol–water partition coefficient (Wildman–Crippen LogP) is 3.40. The molecular formula is C15H22ClN3O2. The number of hydrogen-bond donors (Lipinski definition) is 1. The SMILES string of the molecule is COC(=O)C(C)(C)C(C)(C)Nc1cc(Cl)nc(C2CC2)n1. The van der Waals surface area contributed by atoms with Crippen LogP contribution >= 0.6 is 11.6 Å². The van der Waals surface area contributed by atoms with Crippen LogP contribution < -0.4 is 5.32 Å². The van der Waals surface area contributed by atoms with Crippen LogP contribution in [-0.4, -0.2) is 28.6 Å². The second-order valence-electron chi connectivity index (χ2n) is 6.57. The summed E-state index contributed by atoms with van der Waals surface area (Å²) < 4.78 is 4.90. The molecule has 1 heterocycles. The summed E-state index contributed by atoms with van der Waals surface area (Å²) in [7, 11) is 1.40. The fourth-order valence-electron chi connectivity index (χ4n) is 2.01. The minimum Gasteiger partial charge on any atom is -0.469 e. The fraction of sp³-hybridized carbons (Fsp3) is 0.667. The summed E-state index contributed by atoms with van der Waals surface area (Å²) in [5, 5.41) is 3.72. The molecule has 21 heavy (non-hydrogen) atoms. The maximum Gasteiger partial charge on any atom is 0.313 e. The zero-order valence-corrected chi connectivity index (χ0v) is 13.9. The molecule has 1 aliphatic rings. The van der Waals surface area contributed by atoms with Gasteiger partial charge in [0.2, 0.25) is 0 Å². The number of rotatable bonds is 5. The summed E-state index contributed by atoms with van der Waals surface area (Å²) in [6.07, 6.45) is 2.22. The first kappa shape index (κ1) is 16.0. The lowest BCUT2D eigenvalue weighted by atomic mass is 9.74. The summed E-state index contributed by atoms with van der Waals surface area (Å²) in [6.45, 7) is 7.57. The van der Waals surface area contributed by atoms with Crippen molar-refractivity contribution in [2.75, 3.05) is 12.4 Å². The number of nitrogens with zero attached hydrogens (tertiary/aromatic N) is 2. The highest BCUT2D eigenvalue weighted by Gasteiger charge is 2.44. The van der Waals surface area contributed by atoms with E-state index in [-0.39, 0.29) is 5.97 Å². The van der Waals surface area contributed by atoms with E-state index in [1.165, 1.54) is 7.11 Å². The number of halogens is 1. The van der Waals surface area contributed by atoms with Crippen LogP contribution in [0.2, 0.25) is 5.15 Å². The summed E-state index contributed by atoms with van der Waals surface area (Å²) in [4.78, 5) is 20.8. The molecule has 1 saturated carbocycles. The predicted molar refractivity (Wildman–Crippen MR) is 82.5 cm³/mol. The lowest BCUT2D eigenvalue weighted by molar-refractivity contribution is -0.153. The largest absolute Gasteiger partial charge is 0.469 e. The standard InChI is InChI=1S/C15H22ClN3O2/c1-14(2,13(20)21-5)15(3,4)19-11-8-10(16)17-12(18-11)9-6-7-9/h8-9H,6-7H2,1-5H3,(H,17,18,19). The molecule has 0 aliphatic heterocycles. The lowest BCUT2D eigenvalue weighted by Crippen LogP contribution is -2.51. The van der Waals surface area contributed by atoms with Gasteiger partial charge < -0.3 is 10.1 Å². The first-order valence-electron chi connectivity index (χ1n) is 7.08. The van der Waals surface area contributed by atoms with Gasteiger partial charge in [-0.15, -0.1) is 0 Å². The van der Waals surface area contributed by atoms with Crippen molar-refractivity contribution >= 4 is 23.4 Å². The van der Waals surface area contributed by atoms with E-state index in [2.05, 4.69) is 15.3 Å². The van der Waals surface area contributed by atoms with Crippen LogP contribution in [0.1, 0.15) is 52.3 Å². The molecule has 0 spiro atoms. The van der Waals surface area contributed by atoms with Crippen molar-refractivity contribution < 1.29 is 9.53 Å². The Balaban J connectivity index is 2.25. The quantitative estimate of drug-likeness (QED) is 0.667. The molecule has 1 aliphatic carbocycles. The fourth-order valence-corrected chi connectivity index (χ4v) is 2.20. The van der Waals surface area contributed by atoms with E-state index in [4.69, 9.17) is 16.3 Å². The first-order valence-corrected chi connectivity index (χ1v) is 7.46. The van der Waals surface area contributed by atoms with Crippen LogP contribution in [0.15, 0.2) is 6.07 Å². The van der Waals surface area contributed by atoms with Gasteiger partial charge in [0.05, 0.1) is 12.5 Å². The number of nitrogens with one attached hydrogen (secondary N) is 1. The third-order valence-corrected chi connectivity index (χ3v) is 4.55. The van der Waals surface area contributed by atoms with E-state index in [0.717, 1.165) is 18.7 Å². The molecular weight excluding hydrogens is 290 g/mol. The Morgan fingerprint density at radius 1 is 1.33 bits per heavy atom. The number of ether oxygens (including phenoxy) is 1. The van der Waals surface area contributed by atoms with Gasteiger partial charge in [-0.25, -0.2) is 9.97 Å². The highest BCUT2D eigenvalue weighted by atomic mass is 35.5. The van der Waals surface area contributed by atoms with Crippen LogP contribution in [0, 0.1) is 5.41 Å². The topological polar surface area (TPSA) is 64.1 Å². The minimum atomic E-state index is -0.723. The van der Waals surface area contributed by atoms with Crippen molar-refractivity contribution in [1.82, 2.24) is 9.97 Å². The van der Waals surface area contributed by atoms with Crippen LogP contribution in [0.3, 0.4) is 0 Å². The number of carbonyl (C=O) groups is 1. The van der Waals surface area contributed by atoms with Gasteiger partial charge in [0.25, 0.3) is 0 Å². The van der Waals surface area contributed by atoms with Gasteiger partial charge in [0, 0.05) is 17.5 Å². The number of anilines is 1. The van der Waals surface area contributed by atoms with Crippen molar-refractivity contribution in [1.29, 1.82) is 0 Å². The zero-order chi connectivity index (χ0) is 15.8. The molecule has 5 nitrogen and oxygen atoms in total. The Bertz CT molecular complexity index is 554. The van der Waals surface area contributed by atoms with Crippen LogP contribution in [0.4, 0.5) is 5.82 Å². The monoisotopic (exact) mass is 311 g/mol. The molecule has 116 valence electrons. The van der Waals surface area contributed by atoms with E-state index < -0.39 is 11.0 Å². The summed E-state index contributed by atoms with van der Waals surface area (Å²) in [5.74, 6) is 1.55. The number of carbonyl (C=O) groups excluding carboxylic acids is 1. The van der Waals surface area contributed by atoms with E-state index in [1.807, 2.05) is 27.7 Å². The molecule has 0 bridgehead atoms. The van der Waals surface area contributed by atoms with Gasteiger partial charge in [-0.3, -0.25) is 4.79 Å². The van der Waals surface area contributed by atoms with Crippen molar-refractivity contribution in [2.45, 2.75) is 52.0 Å². The average Bonchev–Trinajstić information content (AvgIpc) is 3.20. The molecule has 0 radical (unpaired) electrons. The Morgan fingerprint density at radius 3 is 2.48 bits per heavy atom. The van der Waals surface area contributed by atoms with Crippen LogP contribution in [0.5, 0.6) is 0 Å². The Kier molecular flexibility index (Phi) is 4.15. The molecule has 1 fully saturated rings. The molecule has 6 heteroatoms. The van der Waals surface area contributed by atoms with Gasteiger partial charge in [-0.05, 0) is 40.5 Å². The third kappa shape index (κ3) is 3.28. The normalized spacial score (nSPS) is 15.7. The maximum absolute atomic E-state index is 12.0. The molecule has 0 saturated heterocycles. The smallest absolute Gasteiger partial charge is 0.313 e. The van der Waals surface area contributed by atoms with Gasteiger partial charge in [-0.1, -0.05) is 11.6 Å². The number of methoxy groups -OCH3 is 1. The van der Waals surface area contributed by atoms with Crippen molar-refractivity contribution in [3.8, 4) is 0 Å². The molecule has 2 rings (SSSR count). The Hall–Kier alpha value is -1.36. The highest BCUT2D eigenvalue weighted by molar-refractivity contribution is 6.29. The van der Waals surface area contributed by atoms with Crippen LogP contribution in [0.25, 0.3) is 0 Å². The molecule has 1 aromatic heterocycles. The number of esters is 1. The van der Waals surface area contributed by atoms with Gasteiger partial charge in [0.15, 0.2) is 0 Å². The van der Waals surface area contributed by atoms with Crippen LogP contribution in [-0.2, 0) is 9.53 Å². The number of aromatic nitrogens is 2. The number of hydrogen-bond acceptors (Lipinski definition) is 5. The summed E-state index contributed by atoms with van der Waals surface area (Å²) >= 11 is 6.07. The van der Waals surface area contributed by atoms with Gasteiger partial charge >= 0.3 is 5.97 Å². The van der Waals surface area contributed by atoms with E-state index in [1.54, 1.807) is 6.07 Å². The van der Waals surface area contributed by atoms with E-state index >= 15 is 0 Å². The minimum absolute atomic E-state index is 0.275. The van der Waals surface area contributed by atoms with Crippen molar-refractivity contribution in [2.24, 2.45) is 5.41 Å². The maximum atomic E-state index is 12.0. The zero-order valence-electron chi connectivity index (χ0n) is 13.2. The van der Waals surface area contributed by atoms with Gasteiger partial charge in [0.1, 0.15) is 16.8 Å². The van der Waals surface area contributed by atoms with E-state index in [9.17, 15) is 4.79 Å². The first-order chi connectivity index (χ1) is 9.67. The second kappa shape index (κ2) is 5.44. The van der Waals surface area contributed by atoms with Gasteiger partial charge in [-0.2, -0.15) is 0 Å². The summed E-state index contributed by atoms with van der Waals surface area (Å²) in [6, 6.07) is 1.68. The second-order valence-corrected chi connectivity index (χ2v) is 6.96. The molecule has 1 aromatic rings. The van der Waals surface area contributed by atoms with Crippen molar-refractivity contribution in [3.63, 3.8) is 0 Å². The summed E-state index contributed by atoms with van der Waals surface area (Å²) in [5.41, 5.74) is -1.28. The molecule has 0 atom stereocenters. The molecule has 0 unspecified atom stereocenters. The Labute approximate surface area is 130 Å². The van der Waals surface area contributed by atoms with E-state index in [0.29, 0.717) is 16.9 Å². The van der Waals surface area contributed by atoms with Crippen molar-refractivity contribution in [3.05, 3.63) is 17.0 Å². The highest BCUT2D eigenvalue weighted by Crippen LogP contribution is 2.40. The Morgan fingerprint density at radius 2 is 1.95 bits per heavy atom. The molecule has 1 N–H and O–H groups in total. The average molecular weight is 312 g/mol. The molecule has 0 amide bonds. The lowest BCUT2D eigenvalue weighted by Gasteiger charge is -2.40. The third-order valence-electron chi connectivity index (χ3n) is 4.35.